The van der Waals surface area contributed by atoms with E-state index < -0.39 is 0 Å². The van der Waals surface area contributed by atoms with Gasteiger partial charge in [0, 0.05) is 13.1 Å². The lowest BCUT2D eigenvalue weighted by Crippen LogP contribution is -2.26. The van der Waals surface area contributed by atoms with E-state index >= 15 is 0 Å². The van der Waals surface area contributed by atoms with Crippen molar-refractivity contribution in [3.8, 4) is 0 Å². The first-order valence-electron chi connectivity index (χ1n) is 4.62. The molecule has 0 aliphatic carbocycles. The molecule has 0 N–H and O–H groups in total. The molecule has 2 aliphatic heterocycles. The van der Waals surface area contributed by atoms with Crippen molar-refractivity contribution in [2.75, 3.05) is 19.6 Å². The van der Waals surface area contributed by atoms with Crippen molar-refractivity contribution in [1.82, 2.24) is 19.7 Å². The average molecular weight is 199 g/mol. The average Bonchev–Trinajstić information content (AvgIpc) is 2.77. The first-order chi connectivity index (χ1) is 6.33. The Bertz CT molecular complexity index is 324. The maximum atomic E-state index is 5.68. The van der Waals surface area contributed by atoms with Gasteiger partial charge in [-0.3, -0.25) is 0 Å². The van der Waals surface area contributed by atoms with Crippen molar-refractivity contribution < 1.29 is 0 Å². The highest BCUT2D eigenvalue weighted by atomic mass is 35.5. The third-order valence-electron chi connectivity index (χ3n) is 3.12. The van der Waals surface area contributed by atoms with Crippen LogP contribution in [-0.4, -0.2) is 39.3 Å². The Morgan fingerprint density at radius 3 is 2.92 bits per heavy atom. The molecule has 2 fully saturated rings. The van der Waals surface area contributed by atoms with E-state index in [2.05, 4.69) is 15.0 Å². The number of piperidine rings is 1. The summed E-state index contributed by atoms with van der Waals surface area (Å²) < 4.78 is 1.92. The van der Waals surface area contributed by atoms with Gasteiger partial charge in [0.05, 0.1) is 6.04 Å². The molecule has 3 rings (SSSR count). The molecular formula is C8H11ClN4. The van der Waals surface area contributed by atoms with Crippen molar-refractivity contribution in [3.05, 3.63) is 11.6 Å². The number of hydrogen-bond donors (Lipinski definition) is 0. The zero-order valence-corrected chi connectivity index (χ0v) is 7.98. The fraction of sp³-hybridized carbons (Fsp3) is 0.750. The molecule has 2 aliphatic rings. The molecule has 5 heteroatoms. The van der Waals surface area contributed by atoms with Crippen LogP contribution < -0.4 is 0 Å². The van der Waals surface area contributed by atoms with Crippen LogP contribution in [-0.2, 0) is 0 Å². The van der Waals surface area contributed by atoms with Crippen molar-refractivity contribution >= 4 is 11.6 Å². The standard InChI is InChI=1S/C8H11ClN4/c9-8-10-5-13(11-8)7-4-12-2-1-6(7)3-12/h5-7H,1-4H2/t6-,7-/m0/s1. The summed E-state index contributed by atoms with van der Waals surface area (Å²) >= 11 is 5.68. The third-order valence-corrected chi connectivity index (χ3v) is 3.29. The molecule has 0 aromatic carbocycles. The Morgan fingerprint density at radius 2 is 2.38 bits per heavy atom. The molecular weight excluding hydrogens is 188 g/mol. The van der Waals surface area contributed by atoms with E-state index in [1.165, 1.54) is 19.5 Å². The molecule has 13 heavy (non-hydrogen) atoms. The highest BCUT2D eigenvalue weighted by Gasteiger charge is 2.39. The van der Waals surface area contributed by atoms with E-state index in [-0.39, 0.29) is 0 Å². The van der Waals surface area contributed by atoms with Crippen LogP contribution >= 0.6 is 11.6 Å². The zero-order valence-electron chi connectivity index (χ0n) is 7.23. The molecule has 70 valence electrons. The summed E-state index contributed by atoms with van der Waals surface area (Å²) in [5.74, 6) is 0.762. The normalized spacial score (nSPS) is 37.2. The van der Waals surface area contributed by atoms with Gasteiger partial charge in [0.25, 0.3) is 0 Å². The van der Waals surface area contributed by atoms with Crippen LogP contribution in [0.5, 0.6) is 0 Å². The van der Waals surface area contributed by atoms with E-state index in [9.17, 15) is 0 Å². The van der Waals surface area contributed by atoms with E-state index in [1.54, 1.807) is 6.33 Å². The molecule has 0 amide bonds. The quantitative estimate of drug-likeness (QED) is 0.670. The predicted molar refractivity (Wildman–Crippen MR) is 48.6 cm³/mol. The second-order valence-corrected chi connectivity index (χ2v) is 4.21. The Balaban J connectivity index is 1.87. The molecule has 3 heterocycles. The minimum Gasteiger partial charge on any atom is -0.301 e. The first-order valence-corrected chi connectivity index (χ1v) is 5.00. The van der Waals surface area contributed by atoms with Crippen LogP contribution in [0, 0.1) is 5.92 Å². The van der Waals surface area contributed by atoms with Crippen molar-refractivity contribution in [3.63, 3.8) is 0 Å². The molecule has 1 aromatic rings. The zero-order chi connectivity index (χ0) is 8.84. The number of aromatic nitrogens is 3. The van der Waals surface area contributed by atoms with Gasteiger partial charge in [-0.2, -0.15) is 0 Å². The van der Waals surface area contributed by atoms with Crippen LogP contribution in [0.2, 0.25) is 5.28 Å². The lowest BCUT2D eigenvalue weighted by molar-refractivity contribution is 0.285. The SMILES string of the molecule is Clc1ncn([C@H]2CN3CC[C@H]2C3)n1. The van der Waals surface area contributed by atoms with Gasteiger partial charge >= 0.3 is 0 Å². The van der Waals surface area contributed by atoms with Gasteiger partial charge in [0.15, 0.2) is 0 Å². The van der Waals surface area contributed by atoms with Crippen LogP contribution in [0.1, 0.15) is 12.5 Å². The first kappa shape index (κ1) is 7.76. The van der Waals surface area contributed by atoms with Gasteiger partial charge < -0.3 is 4.90 Å². The van der Waals surface area contributed by atoms with Gasteiger partial charge in [-0.25, -0.2) is 9.67 Å². The van der Waals surface area contributed by atoms with Crippen molar-refractivity contribution in [1.29, 1.82) is 0 Å². The summed E-state index contributed by atoms with van der Waals surface area (Å²) in [7, 11) is 0. The van der Waals surface area contributed by atoms with Crippen LogP contribution in [0.15, 0.2) is 6.33 Å². The summed E-state index contributed by atoms with van der Waals surface area (Å²) in [6, 6.07) is 0.508. The molecule has 0 radical (unpaired) electrons. The van der Waals surface area contributed by atoms with E-state index in [0.29, 0.717) is 11.3 Å². The maximum Gasteiger partial charge on any atom is 0.242 e. The molecule has 3 atom stereocenters. The molecule has 1 aromatic heterocycles. The molecule has 0 saturated carbocycles. The summed E-state index contributed by atoms with van der Waals surface area (Å²) in [6.07, 6.45) is 3.04. The second-order valence-electron chi connectivity index (χ2n) is 3.87. The maximum absolute atomic E-state index is 5.68. The molecule has 1 unspecified atom stereocenters. The summed E-state index contributed by atoms with van der Waals surface area (Å²) in [4.78, 5) is 6.42. The van der Waals surface area contributed by atoms with Crippen LogP contribution in [0.4, 0.5) is 0 Å². The number of nitrogens with zero attached hydrogens (tertiary/aromatic N) is 4. The van der Waals surface area contributed by atoms with Gasteiger partial charge in [0.2, 0.25) is 5.28 Å². The predicted octanol–water partition coefficient (Wildman–Crippen LogP) is 0.808. The topological polar surface area (TPSA) is 34.0 Å². The Morgan fingerprint density at radius 1 is 1.46 bits per heavy atom. The molecule has 2 bridgehead atoms. The Labute approximate surface area is 81.5 Å². The minimum atomic E-state index is 0.359. The van der Waals surface area contributed by atoms with Gasteiger partial charge in [-0.1, -0.05) is 0 Å². The third kappa shape index (κ3) is 1.16. The summed E-state index contributed by atoms with van der Waals surface area (Å²) in [5.41, 5.74) is 0. The van der Waals surface area contributed by atoms with E-state index in [1.807, 2.05) is 4.68 Å². The van der Waals surface area contributed by atoms with E-state index in [4.69, 9.17) is 11.6 Å². The van der Waals surface area contributed by atoms with Gasteiger partial charge in [-0.05, 0) is 30.5 Å². The van der Waals surface area contributed by atoms with Crippen molar-refractivity contribution in [2.45, 2.75) is 12.5 Å². The Hall–Kier alpha value is -0.610. The van der Waals surface area contributed by atoms with Crippen LogP contribution in [0.25, 0.3) is 0 Å². The number of rotatable bonds is 1. The lowest BCUT2D eigenvalue weighted by atomic mass is 10.0. The number of fused-ring (bicyclic) bond motifs is 2. The fourth-order valence-corrected chi connectivity index (χ4v) is 2.60. The molecule has 4 nitrogen and oxygen atoms in total. The van der Waals surface area contributed by atoms with Gasteiger partial charge in [0.1, 0.15) is 6.33 Å². The highest BCUT2D eigenvalue weighted by molar-refractivity contribution is 6.28. The molecule has 2 saturated heterocycles. The summed E-state index contributed by atoms with van der Waals surface area (Å²) in [6.45, 7) is 3.59. The van der Waals surface area contributed by atoms with Crippen LogP contribution in [0.3, 0.4) is 0 Å². The summed E-state index contributed by atoms with van der Waals surface area (Å²) in [5, 5.41) is 4.51. The number of halogens is 1. The monoisotopic (exact) mass is 198 g/mol. The fourth-order valence-electron chi connectivity index (χ4n) is 2.47. The smallest absolute Gasteiger partial charge is 0.242 e. The van der Waals surface area contributed by atoms with Crippen molar-refractivity contribution in [2.24, 2.45) is 5.92 Å². The van der Waals surface area contributed by atoms with E-state index in [0.717, 1.165) is 12.5 Å². The second kappa shape index (κ2) is 2.69. The highest BCUT2D eigenvalue weighted by Crippen LogP contribution is 2.35. The lowest BCUT2D eigenvalue weighted by Gasteiger charge is -2.21. The van der Waals surface area contributed by atoms with Gasteiger partial charge in [-0.15, -0.1) is 5.10 Å². The molecule has 0 spiro atoms. The Kier molecular flexibility index (Phi) is 1.60. The largest absolute Gasteiger partial charge is 0.301 e. The minimum absolute atomic E-state index is 0.359. The number of hydrogen-bond acceptors (Lipinski definition) is 3.